The summed E-state index contributed by atoms with van der Waals surface area (Å²) in [7, 11) is -3.40. The lowest BCUT2D eigenvalue weighted by Crippen LogP contribution is -2.49. The number of anilines is 2. The molecule has 2 heterocycles. The Labute approximate surface area is 268 Å². The minimum atomic E-state index is -3.40. The first-order valence-corrected chi connectivity index (χ1v) is 16.9. The zero-order valence-electron chi connectivity index (χ0n) is 26.4. The lowest BCUT2D eigenvalue weighted by Gasteiger charge is -2.38. The van der Waals surface area contributed by atoms with Crippen molar-refractivity contribution < 1.29 is 31.5 Å². The topological polar surface area (TPSA) is 147 Å². The Hall–Kier alpha value is -4.30. The largest absolute Gasteiger partial charge is 0.438 e. The van der Waals surface area contributed by atoms with Gasteiger partial charge in [-0.05, 0) is 68.0 Å². The zero-order chi connectivity index (χ0) is 33.6. The Morgan fingerprint density at radius 1 is 1.09 bits per heavy atom. The summed E-state index contributed by atoms with van der Waals surface area (Å²) in [4.78, 5) is 33.2. The fourth-order valence-electron chi connectivity index (χ4n) is 5.50. The predicted octanol–water partition coefficient (Wildman–Crippen LogP) is 5.54. The van der Waals surface area contributed by atoms with Crippen LogP contribution in [0.25, 0.3) is 0 Å². The summed E-state index contributed by atoms with van der Waals surface area (Å²) in [6.07, 6.45) is 5.87. The van der Waals surface area contributed by atoms with Crippen molar-refractivity contribution in [2.75, 3.05) is 35.9 Å². The van der Waals surface area contributed by atoms with Gasteiger partial charge >= 0.3 is 6.03 Å². The first kappa shape index (κ1) is 34.6. The number of piperidine rings is 1. The Balaban J connectivity index is 1.35. The Bertz CT molecular complexity index is 1660. The van der Waals surface area contributed by atoms with Crippen LogP contribution in [0.5, 0.6) is 11.6 Å². The predicted molar refractivity (Wildman–Crippen MR) is 173 cm³/mol. The van der Waals surface area contributed by atoms with Crippen molar-refractivity contribution in [3.63, 3.8) is 0 Å². The van der Waals surface area contributed by atoms with E-state index in [2.05, 4.69) is 19.9 Å². The van der Waals surface area contributed by atoms with Crippen LogP contribution in [0.3, 0.4) is 0 Å². The Morgan fingerprint density at radius 2 is 1.76 bits per heavy atom. The molecule has 1 aliphatic rings. The molecule has 0 atom stereocenters. The number of hydrogen-bond acceptors (Lipinski definition) is 7. The van der Waals surface area contributed by atoms with Gasteiger partial charge in [0.1, 0.15) is 17.4 Å². The maximum atomic E-state index is 14.4. The van der Waals surface area contributed by atoms with E-state index in [1.807, 2.05) is 26.8 Å². The number of primary amides is 1. The minimum absolute atomic E-state index is 0.0821. The molecule has 1 aromatic heterocycles. The van der Waals surface area contributed by atoms with E-state index in [4.69, 9.17) is 10.5 Å². The lowest BCUT2D eigenvalue weighted by molar-refractivity contribution is 0.0996. The molecule has 1 saturated heterocycles. The molecule has 0 unspecified atom stereocenters. The number of benzene rings is 2. The molecular formula is C32H40F2N6O5S. The second kappa shape index (κ2) is 14.9. The van der Waals surface area contributed by atoms with E-state index < -0.39 is 39.2 Å². The number of urea groups is 1. The van der Waals surface area contributed by atoms with Crippen LogP contribution in [-0.4, -0.2) is 67.1 Å². The summed E-state index contributed by atoms with van der Waals surface area (Å²) in [5.74, 6) is -2.11. The molecule has 0 aliphatic carbocycles. The summed E-state index contributed by atoms with van der Waals surface area (Å²) >= 11 is 0. The first-order valence-electron chi connectivity index (χ1n) is 15.0. The highest BCUT2D eigenvalue weighted by Gasteiger charge is 2.29. The summed E-state index contributed by atoms with van der Waals surface area (Å²) in [6.45, 7) is 8.26. The van der Waals surface area contributed by atoms with Crippen molar-refractivity contribution in [1.82, 2.24) is 14.8 Å². The average molecular weight is 659 g/mol. The van der Waals surface area contributed by atoms with E-state index in [0.717, 1.165) is 54.9 Å². The van der Waals surface area contributed by atoms with E-state index in [0.29, 0.717) is 49.3 Å². The van der Waals surface area contributed by atoms with Crippen LogP contribution in [0.1, 0.15) is 59.7 Å². The number of nitrogens with zero attached hydrogens (tertiary/aromatic N) is 3. The minimum Gasteiger partial charge on any atom is -0.438 e. The van der Waals surface area contributed by atoms with Gasteiger partial charge in [0.05, 0.1) is 17.5 Å². The molecule has 2 aromatic carbocycles. The van der Waals surface area contributed by atoms with Gasteiger partial charge < -0.3 is 20.7 Å². The van der Waals surface area contributed by atoms with Crippen molar-refractivity contribution in [1.29, 1.82) is 0 Å². The first-order chi connectivity index (χ1) is 21.7. The van der Waals surface area contributed by atoms with Crippen molar-refractivity contribution in [3.8, 4) is 11.6 Å². The van der Waals surface area contributed by atoms with Gasteiger partial charge in [-0.2, -0.15) is 0 Å². The second-order valence-corrected chi connectivity index (χ2v) is 13.3. The molecule has 3 aromatic rings. The zero-order valence-corrected chi connectivity index (χ0v) is 27.2. The van der Waals surface area contributed by atoms with Crippen LogP contribution in [0.4, 0.5) is 25.0 Å². The number of aromatic nitrogens is 1. The summed E-state index contributed by atoms with van der Waals surface area (Å²) in [5.41, 5.74) is 7.37. The second-order valence-electron chi connectivity index (χ2n) is 11.6. The number of unbranched alkanes of at least 4 members (excludes halogenated alkanes) is 1. The number of nitrogens with one attached hydrogen (secondary N) is 2. The number of hydrogen-bond donors (Lipinski definition) is 3. The van der Waals surface area contributed by atoms with Gasteiger partial charge in [0.2, 0.25) is 15.9 Å². The van der Waals surface area contributed by atoms with Gasteiger partial charge in [0.25, 0.3) is 5.91 Å². The molecular weight excluding hydrogens is 618 g/mol. The van der Waals surface area contributed by atoms with E-state index in [1.54, 1.807) is 29.3 Å². The molecule has 0 spiro atoms. The van der Waals surface area contributed by atoms with Gasteiger partial charge in [-0.1, -0.05) is 19.4 Å². The lowest BCUT2D eigenvalue weighted by atomic mass is 10.0. The number of sulfonamides is 1. The molecule has 46 heavy (non-hydrogen) atoms. The van der Waals surface area contributed by atoms with Gasteiger partial charge in [0, 0.05) is 56.2 Å². The van der Waals surface area contributed by atoms with E-state index in [-0.39, 0.29) is 11.7 Å². The molecule has 14 heteroatoms. The van der Waals surface area contributed by atoms with Crippen LogP contribution < -0.4 is 20.5 Å². The van der Waals surface area contributed by atoms with Crippen LogP contribution in [0.15, 0.2) is 42.6 Å². The van der Waals surface area contributed by atoms with Crippen molar-refractivity contribution in [2.45, 2.75) is 59.0 Å². The molecule has 4 rings (SSSR count). The number of carbonyl (C=O) groups excluding carboxylic acids is 2. The number of amides is 3. The van der Waals surface area contributed by atoms with Gasteiger partial charge in [-0.15, -0.1) is 0 Å². The fourth-order valence-corrected chi connectivity index (χ4v) is 6.05. The number of ether oxygens (including phenoxy) is 1. The maximum Gasteiger partial charge on any atom is 0.322 e. The Morgan fingerprint density at radius 3 is 2.33 bits per heavy atom. The summed E-state index contributed by atoms with van der Waals surface area (Å²) < 4.78 is 60.0. The van der Waals surface area contributed by atoms with E-state index in [1.165, 1.54) is 0 Å². The van der Waals surface area contributed by atoms with Crippen molar-refractivity contribution in [3.05, 3.63) is 76.5 Å². The molecule has 1 aliphatic heterocycles. The molecule has 0 saturated carbocycles. The highest BCUT2D eigenvalue weighted by atomic mass is 32.2. The maximum absolute atomic E-state index is 14.4. The standard InChI is InChI=1S/C32H40F2N6O5S/c1-5-6-11-40(32(42)37-28-16-25(31(35)41)26(33)17-27(28)34)24-9-12-39(13-10-24)19-22-7-8-29(36-18-22)45-30-20(2)14-23(15-21(30)3)38-46(4,43)44/h7-8,14-18,24,38H,5-6,9-13,19H2,1-4H3,(H2,35,41)(H,37,42). The molecule has 1 fully saturated rings. The van der Waals surface area contributed by atoms with Crippen molar-refractivity contribution in [2.24, 2.45) is 5.73 Å². The van der Waals surface area contributed by atoms with E-state index in [9.17, 15) is 26.8 Å². The van der Waals surface area contributed by atoms with Gasteiger partial charge in [-0.3, -0.25) is 14.4 Å². The number of halogens is 2. The molecule has 4 N–H and O–H groups in total. The number of rotatable bonds is 12. The third-order valence-corrected chi connectivity index (χ3v) is 8.36. The highest BCUT2D eigenvalue weighted by molar-refractivity contribution is 7.92. The number of likely N-dealkylation sites (tertiary alicyclic amines) is 1. The number of nitrogens with two attached hydrogens (primary N) is 1. The molecule has 11 nitrogen and oxygen atoms in total. The normalized spacial score (nSPS) is 14.1. The van der Waals surface area contributed by atoms with Crippen LogP contribution in [-0.2, 0) is 16.6 Å². The van der Waals surface area contributed by atoms with E-state index >= 15 is 0 Å². The SMILES string of the molecule is CCCCN(C(=O)Nc1cc(C(N)=O)c(F)cc1F)C1CCN(Cc2ccc(Oc3c(C)cc(NS(C)(=O)=O)cc3C)nc2)CC1. The number of carbonyl (C=O) groups is 2. The average Bonchev–Trinajstić information content (AvgIpc) is 2.97. The molecule has 3 amide bonds. The molecule has 248 valence electrons. The fraction of sp³-hybridized carbons (Fsp3) is 0.406. The van der Waals surface area contributed by atoms with Gasteiger partial charge in [0.15, 0.2) is 0 Å². The number of pyridine rings is 1. The monoisotopic (exact) mass is 658 g/mol. The Kier molecular flexibility index (Phi) is 11.2. The third-order valence-electron chi connectivity index (χ3n) is 7.75. The highest BCUT2D eigenvalue weighted by Crippen LogP contribution is 2.31. The summed E-state index contributed by atoms with van der Waals surface area (Å²) in [5, 5.41) is 2.51. The molecule has 0 radical (unpaired) electrons. The smallest absolute Gasteiger partial charge is 0.322 e. The molecule has 0 bridgehead atoms. The summed E-state index contributed by atoms with van der Waals surface area (Å²) in [6, 6.07) is 8.01. The quantitative estimate of drug-likeness (QED) is 0.232. The van der Waals surface area contributed by atoms with Crippen LogP contribution >= 0.6 is 0 Å². The van der Waals surface area contributed by atoms with Crippen LogP contribution in [0.2, 0.25) is 0 Å². The van der Waals surface area contributed by atoms with Gasteiger partial charge in [-0.25, -0.2) is 27.0 Å². The third kappa shape index (κ3) is 9.13. The number of aryl methyl sites for hydroxylation is 2. The van der Waals surface area contributed by atoms with Crippen molar-refractivity contribution >= 4 is 33.3 Å². The van der Waals surface area contributed by atoms with Crippen LogP contribution in [0, 0.1) is 25.5 Å².